The van der Waals surface area contributed by atoms with E-state index < -0.39 is 67.0 Å². The minimum absolute atomic E-state index is 0.101. The smallest absolute Gasteiger partial charge is 0.303 e. The van der Waals surface area contributed by atoms with Crippen molar-refractivity contribution in [1.82, 2.24) is 4.90 Å². The molecule has 0 radical (unpaired) electrons. The maximum atomic E-state index is 13.4. The van der Waals surface area contributed by atoms with Crippen LogP contribution in [0.3, 0.4) is 0 Å². The second kappa shape index (κ2) is 12.0. The third kappa shape index (κ3) is 6.69. The van der Waals surface area contributed by atoms with Crippen molar-refractivity contribution >= 4 is 75.5 Å². The van der Waals surface area contributed by atoms with Crippen LogP contribution in [0.5, 0.6) is 0 Å². The van der Waals surface area contributed by atoms with Gasteiger partial charge in [0, 0.05) is 32.6 Å². The average Bonchev–Trinajstić information content (AvgIpc) is 3.37. The number of thiophene rings is 1. The molecule has 0 N–H and O–H groups in total. The fourth-order valence-corrected chi connectivity index (χ4v) is 5.65. The normalized spacial score (nSPS) is 27.1. The van der Waals surface area contributed by atoms with E-state index in [-0.39, 0.29) is 4.32 Å². The molecule has 5 atom stereocenters. The van der Waals surface area contributed by atoms with Gasteiger partial charge in [0.05, 0.1) is 4.91 Å². The van der Waals surface area contributed by atoms with Crippen molar-refractivity contribution in [3.63, 3.8) is 0 Å². The SMILES string of the molecule is CC(=O)OCC1OC(N2C(=O)C(=Cc3cccs3)SC2=S)C(OC(C)=O)C(OC(C)=O)C1OC(C)=O. The maximum absolute atomic E-state index is 13.4. The first kappa shape index (κ1) is 27.8. The van der Waals surface area contributed by atoms with Crippen molar-refractivity contribution in [2.75, 3.05) is 6.61 Å². The molecule has 0 aliphatic carbocycles. The summed E-state index contributed by atoms with van der Waals surface area (Å²) in [5.74, 6) is -3.47. The molecule has 1 aromatic heterocycles. The Bertz CT molecular complexity index is 1090. The summed E-state index contributed by atoms with van der Waals surface area (Å²) in [5, 5.41) is 1.85. The van der Waals surface area contributed by atoms with Crippen molar-refractivity contribution in [3.8, 4) is 0 Å². The lowest BCUT2D eigenvalue weighted by atomic mass is 9.96. The lowest BCUT2D eigenvalue weighted by molar-refractivity contribution is -0.268. The summed E-state index contributed by atoms with van der Waals surface area (Å²) < 4.78 is 27.4. The van der Waals surface area contributed by atoms with Gasteiger partial charge in [-0.2, -0.15) is 0 Å². The standard InChI is InChI=1S/C22H23NO10S3/c1-10(24)29-9-15-17(30-11(2)25)18(31-12(3)26)19(32-13(4)27)21(33-15)23-20(28)16(36-22(23)34)8-14-6-5-7-35-14/h5-8,15,17-19,21H,9H2,1-4H3. The van der Waals surface area contributed by atoms with E-state index in [0.29, 0.717) is 4.91 Å². The third-order valence-corrected chi connectivity index (χ3v) is 7.01. The summed E-state index contributed by atoms with van der Waals surface area (Å²) in [6.07, 6.45) is -5.06. The van der Waals surface area contributed by atoms with Crippen molar-refractivity contribution in [2.45, 2.75) is 58.3 Å². The van der Waals surface area contributed by atoms with Gasteiger partial charge in [-0.3, -0.25) is 28.9 Å². The second-order valence-corrected chi connectivity index (χ2v) is 10.3. The van der Waals surface area contributed by atoms with Crippen LogP contribution in [0.1, 0.15) is 32.6 Å². The number of amides is 1. The van der Waals surface area contributed by atoms with Gasteiger partial charge in [0.15, 0.2) is 28.9 Å². The van der Waals surface area contributed by atoms with E-state index in [4.69, 9.17) is 35.9 Å². The van der Waals surface area contributed by atoms with E-state index >= 15 is 0 Å². The predicted molar refractivity (Wildman–Crippen MR) is 131 cm³/mol. The molecule has 2 aliphatic rings. The number of thioether (sulfide) groups is 1. The van der Waals surface area contributed by atoms with Crippen molar-refractivity contribution < 1.29 is 47.7 Å². The van der Waals surface area contributed by atoms with Crippen LogP contribution < -0.4 is 0 Å². The van der Waals surface area contributed by atoms with Gasteiger partial charge in [-0.05, 0) is 17.5 Å². The summed E-state index contributed by atoms with van der Waals surface area (Å²) in [5.41, 5.74) is 0. The minimum atomic E-state index is -1.42. The molecule has 5 unspecified atom stereocenters. The highest BCUT2D eigenvalue weighted by Gasteiger charge is 2.56. The Balaban J connectivity index is 2.04. The number of ether oxygens (including phenoxy) is 5. The largest absolute Gasteiger partial charge is 0.463 e. The molecule has 194 valence electrons. The van der Waals surface area contributed by atoms with Crippen molar-refractivity contribution in [3.05, 3.63) is 27.3 Å². The number of hydrogen-bond donors (Lipinski definition) is 0. The zero-order valence-corrected chi connectivity index (χ0v) is 22.1. The van der Waals surface area contributed by atoms with Crippen LogP contribution in [0.25, 0.3) is 6.08 Å². The molecule has 0 spiro atoms. The van der Waals surface area contributed by atoms with Gasteiger partial charge in [-0.1, -0.05) is 30.0 Å². The van der Waals surface area contributed by atoms with Crippen LogP contribution in [-0.4, -0.2) is 76.3 Å². The summed E-state index contributed by atoms with van der Waals surface area (Å²) in [6, 6.07) is 3.66. The number of nitrogens with zero attached hydrogens (tertiary/aromatic N) is 1. The molecule has 1 aromatic rings. The zero-order chi connectivity index (χ0) is 26.6. The monoisotopic (exact) mass is 557 g/mol. The topological polar surface area (TPSA) is 135 Å². The van der Waals surface area contributed by atoms with Gasteiger partial charge in [0.2, 0.25) is 0 Å². The van der Waals surface area contributed by atoms with Gasteiger partial charge in [-0.25, -0.2) is 0 Å². The van der Waals surface area contributed by atoms with E-state index in [2.05, 4.69) is 0 Å². The van der Waals surface area contributed by atoms with Gasteiger partial charge in [-0.15, -0.1) is 11.3 Å². The number of carbonyl (C=O) groups is 5. The van der Waals surface area contributed by atoms with E-state index in [9.17, 15) is 24.0 Å². The van der Waals surface area contributed by atoms with Gasteiger partial charge in [0.1, 0.15) is 12.7 Å². The quantitative estimate of drug-likeness (QED) is 0.210. The molecule has 3 rings (SSSR count). The van der Waals surface area contributed by atoms with Crippen molar-refractivity contribution in [1.29, 1.82) is 0 Å². The number of thiocarbonyl (C=S) groups is 1. The molecule has 11 nitrogen and oxygen atoms in total. The summed E-state index contributed by atoms with van der Waals surface area (Å²) in [6.45, 7) is 4.12. The van der Waals surface area contributed by atoms with E-state index in [1.807, 2.05) is 17.5 Å². The Kier molecular flexibility index (Phi) is 9.22. The Morgan fingerprint density at radius 1 is 1.00 bits per heavy atom. The van der Waals surface area contributed by atoms with Crippen LogP contribution >= 0.6 is 35.3 Å². The average molecular weight is 558 g/mol. The molecule has 36 heavy (non-hydrogen) atoms. The van der Waals surface area contributed by atoms with Gasteiger partial charge in [0.25, 0.3) is 5.91 Å². The molecule has 0 saturated carbocycles. The van der Waals surface area contributed by atoms with E-state index in [1.165, 1.54) is 18.3 Å². The molecule has 2 fully saturated rings. The summed E-state index contributed by atoms with van der Waals surface area (Å²) in [4.78, 5) is 63.0. The maximum Gasteiger partial charge on any atom is 0.303 e. The lowest BCUT2D eigenvalue weighted by Gasteiger charge is -2.46. The highest BCUT2D eigenvalue weighted by molar-refractivity contribution is 8.26. The molecule has 2 saturated heterocycles. The minimum Gasteiger partial charge on any atom is -0.463 e. The van der Waals surface area contributed by atoms with Crippen LogP contribution in [-0.2, 0) is 47.7 Å². The highest BCUT2D eigenvalue weighted by Crippen LogP contribution is 2.39. The predicted octanol–water partition coefficient (Wildman–Crippen LogP) is 2.03. The first-order chi connectivity index (χ1) is 17.0. The fourth-order valence-electron chi connectivity index (χ4n) is 3.62. The Labute approximate surface area is 220 Å². The number of esters is 4. The Morgan fingerprint density at radius 2 is 1.61 bits per heavy atom. The van der Waals surface area contributed by atoms with Gasteiger partial charge >= 0.3 is 23.9 Å². The van der Waals surface area contributed by atoms with Crippen LogP contribution in [0, 0.1) is 0 Å². The third-order valence-electron chi connectivity index (χ3n) is 4.86. The lowest BCUT2D eigenvalue weighted by Crippen LogP contribution is -2.66. The van der Waals surface area contributed by atoms with Gasteiger partial charge < -0.3 is 23.7 Å². The summed E-state index contributed by atoms with van der Waals surface area (Å²) in [7, 11) is 0. The number of carbonyl (C=O) groups excluding carboxylic acids is 5. The molecule has 1 amide bonds. The number of hydrogen-bond acceptors (Lipinski definition) is 13. The van der Waals surface area contributed by atoms with E-state index in [1.54, 1.807) is 6.08 Å². The summed E-state index contributed by atoms with van der Waals surface area (Å²) >= 11 is 7.88. The fraction of sp³-hybridized carbons (Fsp3) is 0.455. The molecular weight excluding hydrogens is 534 g/mol. The molecular formula is C22H23NO10S3. The first-order valence-electron chi connectivity index (χ1n) is 10.6. The molecule has 0 aromatic carbocycles. The molecule has 2 aliphatic heterocycles. The molecule has 0 bridgehead atoms. The first-order valence-corrected chi connectivity index (χ1v) is 12.7. The highest BCUT2D eigenvalue weighted by atomic mass is 32.2. The Hall–Kier alpha value is -2.81. The molecule has 14 heteroatoms. The molecule has 3 heterocycles. The van der Waals surface area contributed by atoms with E-state index in [0.717, 1.165) is 42.3 Å². The number of rotatable bonds is 7. The van der Waals surface area contributed by atoms with Crippen LogP contribution in [0.15, 0.2) is 22.4 Å². The van der Waals surface area contributed by atoms with Crippen molar-refractivity contribution in [2.24, 2.45) is 0 Å². The Morgan fingerprint density at radius 3 is 2.17 bits per heavy atom. The van der Waals surface area contributed by atoms with Crippen LogP contribution in [0.4, 0.5) is 0 Å². The zero-order valence-electron chi connectivity index (χ0n) is 19.7. The van der Waals surface area contributed by atoms with Crippen LogP contribution in [0.2, 0.25) is 0 Å². The second-order valence-electron chi connectivity index (χ2n) is 7.66.